The van der Waals surface area contributed by atoms with E-state index in [0.29, 0.717) is 5.69 Å². The number of nitrogens with zero attached hydrogens (tertiary/aromatic N) is 5. The number of thiazole rings is 1. The summed E-state index contributed by atoms with van der Waals surface area (Å²) in [6.07, 6.45) is 6.51. The molecule has 2 fully saturated rings. The summed E-state index contributed by atoms with van der Waals surface area (Å²) >= 11 is 8.02. The SMILES string of the molecule is CC(=O)c1ccn(C(=O)N2CCC3(CCN(Cc4ccc(Cl)c(-c5nccs5)c4)C3)CC2)n1. The highest BCUT2D eigenvalue weighted by atomic mass is 35.5. The van der Waals surface area contributed by atoms with Crippen molar-refractivity contribution in [2.75, 3.05) is 26.2 Å². The topological polar surface area (TPSA) is 71.3 Å². The lowest BCUT2D eigenvalue weighted by molar-refractivity contribution is 0.101. The van der Waals surface area contributed by atoms with Crippen LogP contribution in [0.25, 0.3) is 10.6 Å². The van der Waals surface area contributed by atoms with Crippen LogP contribution in [0.1, 0.15) is 42.2 Å². The number of piperidine rings is 1. The Bertz CT molecular complexity index is 1170. The summed E-state index contributed by atoms with van der Waals surface area (Å²) in [5, 5.41) is 7.77. The van der Waals surface area contributed by atoms with Crippen LogP contribution < -0.4 is 0 Å². The molecule has 1 spiro atoms. The molecule has 172 valence electrons. The van der Waals surface area contributed by atoms with E-state index in [1.807, 2.05) is 16.3 Å². The molecule has 2 aromatic heterocycles. The van der Waals surface area contributed by atoms with Crippen LogP contribution in [-0.4, -0.2) is 62.6 Å². The highest BCUT2D eigenvalue weighted by Crippen LogP contribution is 2.41. The van der Waals surface area contributed by atoms with Crippen molar-refractivity contribution in [3.05, 3.63) is 58.3 Å². The Morgan fingerprint density at radius 2 is 1.94 bits per heavy atom. The van der Waals surface area contributed by atoms with Gasteiger partial charge in [-0.25, -0.2) is 9.78 Å². The fourth-order valence-corrected chi connectivity index (χ4v) is 5.89. The molecule has 3 aromatic rings. The lowest BCUT2D eigenvalue weighted by atomic mass is 9.78. The van der Waals surface area contributed by atoms with Crippen molar-refractivity contribution in [1.82, 2.24) is 24.6 Å². The molecule has 33 heavy (non-hydrogen) atoms. The van der Waals surface area contributed by atoms with Crippen LogP contribution in [0.3, 0.4) is 0 Å². The van der Waals surface area contributed by atoms with Gasteiger partial charge < -0.3 is 4.90 Å². The molecule has 0 aliphatic carbocycles. The average Bonchev–Trinajstić information content (AvgIpc) is 3.57. The highest BCUT2D eigenvalue weighted by Gasteiger charge is 2.41. The molecule has 7 nitrogen and oxygen atoms in total. The van der Waals surface area contributed by atoms with Gasteiger partial charge in [0.15, 0.2) is 5.78 Å². The summed E-state index contributed by atoms with van der Waals surface area (Å²) in [5.41, 5.74) is 2.82. The third kappa shape index (κ3) is 4.60. The van der Waals surface area contributed by atoms with Crippen molar-refractivity contribution >= 4 is 34.8 Å². The Hall–Kier alpha value is -2.55. The van der Waals surface area contributed by atoms with E-state index >= 15 is 0 Å². The molecule has 0 saturated carbocycles. The van der Waals surface area contributed by atoms with Crippen LogP contribution in [0.2, 0.25) is 5.02 Å². The average molecular weight is 484 g/mol. The van der Waals surface area contributed by atoms with E-state index in [1.165, 1.54) is 17.2 Å². The van der Waals surface area contributed by atoms with Crippen LogP contribution >= 0.6 is 22.9 Å². The van der Waals surface area contributed by atoms with Gasteiger partial charge >= 0.3 is 6.03 Å². The molecule has 0 atom stereocenters. The molecule has 9 heteroatoms. The van der Waals surface area contributed by atoms with Crippen LogP contribution in [0.15, 0.2) is 42.0 Å². The van der Waals surface area contributed by atoms with Crippen molar-refractivity contribution in [1.29, 1.82) is 0 Å². The third-order valence-corrected chi connectivity index (χ3v) is 7.99. The molecule has 4 heterocycles. The zero-order valence-electron chi connectivity index (χ0n) is 18.5. The van der Waals surface area contributed by atoms with Gasteiger partial charge in [-0.1, -0.05) is 17.7 Å². The van der Waals surface area contributed by atoms with Crippen molar-refractivity contribution in [3.8, 4) is 10.6 Å². The van der Waals surface area contributed by atoms with E-state index in [2.05, 4.69) is 27.1 Å². The minimum Gasteiger partial charge on any atom is -0.323 e. The number of carbonyl (C=O) groups is 2. The maximum atomic E-state index is 12.8. The molecule has 2 aliphatic heterocycles. The number of rotatable bonds is 4. The summed E-state index contributed by atoms with van der Waals surface area (Å²) in [6.45, 7) is 5.89. The Kier molecular flexibility index (Phi) is 6.07. The maximum Gasteiger partial charge on any atom is 0.344 e. The zero-order valence-corrected chi connectivity index (χ0v) is 20.1. The van der Waals surface area contributed by atoms with E-state index < -0.39 is 0 Å². The Balaban J connectivity index is 1.19. The molecule has 0 bridgehead atoms. The molecule has 5 rings (SSSR count). The first-order valence-electron chi connectivity index (χ1n) is 11.2. The van der Waals surface area contributed by atoms with Gasteiger partial charge in [0, 0.05) is 56.4 Å². The van der Waals surface area contributed by atoms with Gasteiger partial charge in [-0.2, -0.15) is 9.78 Å². The number of carbonyl (C=O) groups excluding carboxylic acids is 2. The first-order valence-corrected chi connectivity index (χ1v) is 12.4. The molecule has 2 saturated heterocycles. The molecular weight excluding hydrogens is 458 g/mol. The fraction of sp³-hybridized carbons (Fsp3) is 0.417. The van der Waals surface area contributed by atoms with Crippen molar-refractivity contribution < 1.29 is 9.59 Å². The number of aromatic nitrogens is 3. The van der Waals surface area contributed by atoms with Gasteiger partial charge in [-0.15, -0.1) is 11.3 Å². The predicted octanol–water partition coefficient (Wildman–Crippen LogP) is 4.82. The number of hydrogen-bond acceptors (Lipinski definition) is 6. The first kappa shape index (κ1) is 22.3. The van der Waals surface area contributed by atoms with Gasteiger partial charge in [-0.3, -0.25) is 9.69 Å². The Morgan fingerprint density at radius 3 is 2.64 bits per heavy atom. The minimum absolute atomic E-state index is 0.135. The number of ketones is 1. The number of benzene rings is 1. The van der Waals surface area contributed by atoms with Gasteiger partial charge in [0.1, 0.15) is 10.7 Å². The Morgan fingerprint density at radius 1 is 1.15 bits per heavy atom. The standard InChI is InChI=1S/C24H26ClN5O2S/c1-17(31)21-4-9-30(27-21)23(32)29-11-6-24(7-12-29)5-10-28(16-24)15-18-2-3-20(25)19(14-18)22-26-8-13-33-22/h2-4,8-9,13-14H,5-7,10-12,15-16H2,1H3. The van der Waals surface area contributed by atoms with Gasteiger partial charge in [0.05, 0.1) is 5.02 Å². The van der Waals surface area contributed by atoms with Crippen LogP contribution in [0.4, 0.5) is 4.79 Å². The minimum atomic E-state index is -0.150. The van der Waals surface area contributed by atoms with E-state index in [-0.39, 0.29) is 17.2 Å². The molecule has 1 aromatic carbocycles. The summed E-state index contributed by atoms with van der Waals surface area (Å²) < 4.78 is 1.29. The summed E-state index contributed by atoms with van der Waals surface area (Å²) in [4.78, 5) is 33.0. The second-order valence-corrected chi connectivity index (χ2v) is 10.4. The summed E-state index contributed by atoms with van der Waals surface area (Å²) in [7, 11) is 0. The van der Waals surface area contributed by atoms with Crippen LogP contribution in [0.5, 0.6) is 0 Å². The molecule has 0 unspecified atom stereocenters. The molecular formula is C24H26ClN5O2S. The quantitative estimate of drug-likeness (QED) is 0.497. The lowest BCUT2D eigenvalue weighted by Gasteiger charge is -2.39. The monoisotopic (exact) mass is 483 g/mol. The number of amides is 1. The molecule has 0 N–H and O–H groups in total. The largest absolute Gasteiger partial charge is 0.344 e. The summed E-state index contributed by atoms with van der Waals surface area (Å²) in [5.74, 6) is -0.135. The van der Waals surface area contributed by atoms with Crippen molar-refractivity contribution in [2.24, 2.45) is 5.41 Å². The van der Waals surface area contributed by atoms with Gasteiger partial charge in [0.2, 0.25) is 0 Å². The molecule has 0 radical (unpaired) electrons. The lowest BCUT2D eigenvalue weighted by Crippen LogP contribution is -2.45. The number of Topliss-reactive ketones (excluding diaryl/α,β-unsaturated/α-hetero) is 1. The number of halogens is 1. The highest BCUT2D eigenvalue weighted by molar-refractivity contribution is 7.13. The van der Waals surface area contributed by atoms with Gasteiger partial charge in [-0.05, 0) is 55.0 Å². The second-order valence-electron chi connectivity index (χ2n) is 9.08. The van der Waals surface area contributed by atoms with E-state index in [1.54, 1.807) is 29.8 Å². The van der Waals surface area contributed by atoms with Crippen molar-refractivity contribution in [3.63, 3.8) is 0 Å². The molecule has 2 aliphatic rings. The second kappa shape index (κ2) is 9.00. The van der Waals surface area contributed by atoms with E-state index in [9.17, 15) is 9.59 Å². The number of hydrogen-bond donors (Lipinski definition) is 0. The van der Waals surface area contributed by atoms with Crippen LogP contribution in [-0.2, 0) is 6.54 Å². The van der Waals surface area contributed by atoms with E-state index in [0.717, 1.165) is 67.6 Å². The van der Waals surface area contributed by atoms with Crippen LogP contribution in [0, 0.1) is 5.41 Å². The maximum absolute atomic E-state index is 12.8. The first-order chi connectivity index (χ1) is 15.9. The van der Waals surface area contributed by atoms with Crippen molar-refractivity contribution in [2.45, 2.75) is 32.7 Å². The van der Waals surface area contributed by atoms with Gasteiger partial charge in [0.25, 0.3) is 0 Å². The smallest absolute Gasteiger partial charge is 0.323 e. The fourth-order valence-electron chi connectivity index (χ4n) is 4.96. The predicted molar refractivity (Wildman–Crippen MR) is 129 cm³/mol. The molecule has 1 amide bonds. The zero-order chi connectivity index (χ0) is 23.0. The van der Waals surface area contributed by atoms with E-state index in [4.69, 9.17) is 11.6 Å². The summed E-state index contributed by atoms with van der Waals surface area (Å²) in [6, 6.07) is 7.67. The number of likely N-dealkylation sites (tertiary alicyclic amines) is 2. The normalized spacial score (nSPS) is 18.2. The third-order valence-electron chi connectivity index (χ3n) is 6.86. The Labute approximate surface area is 202 Å².